The molecule has 0 fully saturated rings. The van der Waals surface area contributed by atoms with Gasteiger partial charge in [-0.05, 0) is 42.5 Å². The minimum Gasteiger partial charge on any atom is -0.496 e. The summed E-state index contributed by atoms with van der Waals surface area (Å²) in [5, 5.41) is 8.38. The number of benzene rings is 2. The van der Waals surface area contributed by atoms with E-state index >= 15 is 0 Å². The second-order valence-corrected chi connectivity index (χ2v) is 5.84. The van der Waals surface area contributed by atoms with E-state index < -0.39 is 5.91 Å². The molecule has 0 heterocycles. The first-order valence-corrected chi connectivity index (χ1v) is 8.62. The largest absolute Gasteiger partial charge is 0.496 e. The standard InChI is InChI=1S/C19H21N3O4S/c1-4-16(23)20-12-7-5-8-13(11-12)21-19(27)22-18(24)17-14(25-2)9-6-10-15(17)26-3/h5-11H,4H2,1-3H3,(H,20,23)(H2,21,22,24,27). The molecule has 0 aromatic heterocycles. The molecule has 0 aliphatic carbocycles. The third kappa shape index (κ3) is 5.42. The Kier molecular flexibility index (Phi) is 7.13. The molecule has 0 radical (unpaired) electrons. The average molecular weight is 387 g/mol. The highest BCUT2D eigenvalue weighted by molar-refractivity contribution is 7.80. The SMILES string of the molecule is CCC(=O)Nc1cccc(NC(=S)NC(=O)c2c(OC)cccc2OC)c1. The van der Waals surface area contributed by atoms with Gasteiger partial charge in [-0.3, -0.25) is 14.9 Å². The number of rotatable bonds is 6. The van der Waals surface area contributed by atoms with Crippen LogP contribution in [0.25, 0.3) is 0 Å². The van der Waals surface area contributed by atoms with Crippen molar-refractivity contribution < 1.29 is 19.1 Å². The number of ether oxygens (including phenoxy) is 2. The molecular weight excluding hydrogens is 366 g/mol. The van der Waals surface area contributed by atoms with Crippen LogP contribution >= 0.6 is 12.2 Å². The van der Waals surface area contributed by atoms with Crippen LogP contribution in [0, 0.1) is 0 Å². The number of amides is 2. The van der Waals surface area contributed by atoms with Gasteiger partial charge in [0.25, 0.3) is 5.91 Å². The number of hydrogen-bond acceptors (Lipinski definition) is 5. The molecule has 2 rings (SSSR count). The van der Waals surface area contributed by atoms with Crippen molar-refractivity contribution in [2.24, 2.45) is 0 Å². The van der Waals surface area contributed by atoms with Crippen LogP contribution in [0.4, 0.5) is 11.4 Å². The van der Waals surface area contributed by atoms with E-state index in [2.05, 4.69) is 16.0 Å². The van der Waals surface area contributed by atoms with E-state index in [-0.39, 0.29) is 16.6 Å². The van der Waals surface area contributed by atoms with Crippen LogP contribution in [-0.2, 0) is 4.79 Å². The maximum atomic E-state index is 12.6. The Morgan fingerprint density at radius 2 is 1.52 bits per heavy atom. The highest BCUT2D eigenvalue weighted by Crippen LogP contribution is 2.28. The summed E-state index contributed by atoms with van der Waals surface area (Å²) in [6.45, 7) is 1.77. The molecule has 0 aliphatic heterocycles. The summed E-state index contributed by atoms with van der Waals surface area (Å²) in [6, 6.07) is 12.1. The van der Waals surface area contributed by atoms with Gasteiger partial charge in [0.2, 0.25) is 5.91 Å². The Labute approximate surface area is 163 Å². The van der Waals surface area contributed by atoms with Gasteiger partial charge >= 0.3 is 0 Å². The molecule has 8 heteroatoms. The fraction of sp³-hybridized carbons (Fsp3) is 0.211. The zero-order valence-electron chi connectivity index (χ0n) is 15.3. The lowest BCUT2D eigenvalue weighted by Gasteiger charge is -2.14. The zero-order chi connectivity index (χ0) is 19.8. The smallest absolute Gasteiger partial charge is 0.264 e. The molecule has 0 unspecified atom stereocenters. The van der Waals surface area contributed by atoms with Gasteiger partial charge in [-0.15, -0.1) is 0 Å². The first-order chi connectivity index (χ1) is 13.0. The number of nitrogens with one attached hydrogen (secondary N) is 3. The second kappa shape index (κ2) is 9.54. The molecule has 7 nitrogen and oxygen atoms in total. The number of thiocarbonyl (C=S) groups is 1. The lowest BCUT2D eigenvalue weighted by Crippen LogP contribution is -2.34. The predicted molar refractivity (Wildman–Crippen MR) is 109 cm³/mol. The number of carbonyl (C=O) groups excluding carboxylic acids is 2. The van der Waals surface area contributed by atoms with Crippen molar-refractivity contribution in [1.29, 1.82) is 0 Å². The third-order valence-corrected chi connectivity index (χ3v) is 3.81. The first-order valence-electron chi connectivity index (χ1n) is 8.21. The lowest BCUT2D eigenvalue weighted by molar-refractivity contribution is -0.115. The maximum Gasteiger partial charge on any atom is 0.264 e. The molecule has 0 aliphatic rings. The minimum absolute atomic E-state index is 0.0914. The predicted octanol–water partition coefficient (Wildman–Crippen LogP) is 3.18. The van der Waals surface area contributed by atoms with Gasteiger partial charge < -0.3 is 20.1 Å². The van der Waals surface area contributed by atoms with Gasteiger partial charge in [-0.1, -0.05) is 19.1 Å². The van der Waals surface area contributed by atoms with Crippen molar-refractivity contribution in [3.63, 3.8) is 0 Å². The summed E-state index contributed by atoms with van der Waals surface area (Å²) in [5.41, 5.74) is 1.50. The van der Waals surface area contributed by atoms with Crippen LogP contribution in [0.5, 0.6) is 11.5 Å². The van der Waals surface area contributed by atoms with Gasteiger partial charge in [0.1, 0.15) is 17.1 Å². The van der Waals surface area contributed by atoms with Gasteiger partial charge in [0.15, 0.2) is 5.11 Å². The van der Waals surface area contributed by atoms with Crippen molar-refractivity contribution in [3.05, 3.63) is 48.0 Å². The minimum atomic E-state index is -0.461. The summed E-state index contributed by atoms with van der Waals surface area (Å²) in [6.07, 6.45) is 0.382. The van der Waals surface area contributed by atoms with Crippen LogP contribution < -0.4 is 25.4 Å². The van der Waals surface area contributed by atoms with Crippen molar-refractivity contribution in [3.8, 4) is 11.5 Å². The molecule has 2 aromatic carbocycles. The normalized spacial score (nSPS) is 9.89. The number of hydrogen-bond donors (Lipinski definition) is 3. The molecule has 3 N–H and O–H groups in total. The van der Waals surface area contributed by atoms with Gasteiger partial charge in [-0.25, -0.2) is 0 Å². The summed E-state index contributed by atoms with van der Waals surface area (Å²) in [4.78, 5) is 24.1. The van der Waals surface area contributed by atoms with Crippen LogP contribution in [-0.4, -0.2) is 31.1 Å². The second-order valence-electron chi connectivity index (χ2n) is 5.43. The number of anilines is 2. The summed E-state index contributed by atoms with van der Waals surface area (Å²) < 4.78 is 10.5. The highest BCUT2D eigenvalue weighted by Gasteiger charge is 2.19. The summed E-state index contributed by atoms with van der Waals surface area (Å²) in [7, 11) is 2.94. The molecule has 0 saturated carbocycles. The van der Waals surface area contributed by atoms with Crippen molar-refractivity contribution in [2.45, 2.75) is 13.3 Å². The Balaban J connectivity index is 2.09. The number of carbonyl (C=O) groups is 2. The van der Waals surface area contributed by atoms with E-state index in [0.29, 0.717) is 29.3 Å². The molecule has 27 heavy (non-hydrogen) atoms. The quantitative estimate of drug-likeness (QED) is 0.660. The fourth-order valence-corrected chi connectivity index (χ4v) is 2.54. The van der Waals surface area contributed by atoms with Gasteiger partial charge in [0.05, 0.1) is 14.2 Å². The number of methoxy groups -OCH3 is 2. The first kappa shape index (κ1) is 20.2. The van der Waals surface area contributed by atoms with Crippen LogP contribution in [0.3, 0.4) is 0 Å². The highest BCUT2D eigenvalue weighted by atomic mass is 32.1. The zero-order valence-corrected chi connectivity index (χ0v) is 16.1. The van der Waals surface area contributed by atoms with Crippen LogP contribution in [0.2, 0.25) is 0 Å². The topological polar surface area (TPSA) is 88.7 Å². The molecule has 0 spiro atoms. The molecule has 0 atom stereocenters. The molecule has 142 valence electrons. The van der Waals surface area contributed by atoms with Gasteiger partial charge in [0, 0.05) is 17.8 Å². The third-order valence-electron chi connectivity index (χ3n) is 3.61. The van der Waals surface area contributed by atoms with E-state index in [0.717, 1.165) is 0 Å². The van der Waals surface area contributed by atoms with Crippen molar-refractivity contribution >= 4 is 40.5 Å². The van der Waals surface area contributed by atoms with E-state index in [1.807, 2.05) is 0 Å². The van der Waals surface area contributed by atoms with E-state index in [1.54, 1.807) is 49.4 Å². The Morgan fingerprint density at radius 3 is 2.07 bits per heavy atom. The van der Waals surface area contributed by atoms with Crippen molar-refractivity contribution in [1.82, 2.24) is 5.32 Å². The van der Waals surface area contributed by atoms with Gasteiger partial charge in [-0.2, -0.15) is 0 Å². The molecule has 0 saturated heterocycles. The Morgan fingerprint density at radius 1 is 0.963 bits per heavy atom. The fourth-order valence-electron chi connectivity index (χ4n) is 2.33. The van der Waals surface area contributed by atoms with Crippen LogP contribution in [0.1, 0.15) is 23.7 Å². The van der Waals surface area contributed by atoms with E-state index in [9.17, 15) is 9.59 Å². The molecule has 2 aromatic rings. The Hall–Kier alpha value is -3.13. The van der Waals surface area contributed by atoms with Crippen LogP contribution in [0.15, 0.2) is 42.5 Å². The lowest BCUT2D eigenvalue weighted by atomic mass is 10.1. The molecule has 0 bridgehead atoms. The summed E-state index contributed by atoms with van der Waals surface area (Å²) in [5.74, 6) is 0.196. The van der Waals surface area contributed by atoms with E-state index in [4.69, 9.17) is 21.7 Å². The monoisotopic (exact) mass is 387 g/mol. The Bertz CT molecular complexity index is 832. The van der Waals surface area contributed by atoms with E-state index in [1.165, 1.54) is 14.2 Å². The van der Waals surface area contributed by atoms with Crippen molar-refractivity contribution in [2.75, 3.05) is 24.9 Å². The average Bonchev–Trinajstić information content (AvgIpc) is 2.67. The maximum absolute atomic E-state index is 12.6. The molecule has 2 amide bonds. The molecular formula is C19H21N3O4S. The summed E-state index contributed by atoms with van der Waals surface area (Å²) >= 11 is 5.21.